The minimum absolute atomic E-state index is 0.0831. The molecule has 132 valence electrons. The SMILES string of the molecule is CCCCCCCCCS(=O)(=O)Cc1ccccc1S(N)(=O)=O. The predicted molar refractivity (Wildman–Crippen MR) is 93.3 cm³/mol. The average molecular weight is 362 g/mol. The molecule has 5 nitrogen and oxygen atoms in total. The van der Waals surface area contributed by atoms with Crippen LogP contribution in [0.25, 0.3) is 0 Å². The van der Waals surface area contributed by atoms with Crippen molar-refractivity contribution in [2.75, 3.05) is 5.75 Å². The zero-order valence-electron chi connectivity index (χ0n) is 13.7. The smallest absolute Gasteiger partial charge is 0.228 e. The van der Waals surface area contributed by atoms with E-state index in [2.05, 4.69) is 6.92 Å². The van der Waals surface area contributed by atoms with Crippen molar-refractivity contribution in [3.05, 3.63) is 29.8 Å². The Balaban J connectivity index is 2.53. The summed E-state index contributed by atoms with van der Waals surface area (Å²) < 4.78 is 47.4. The summed E-state index contributed by atoms with van der Waals surface area (Å²) >= 11 is 0. The van der Waals surface area contributed by atoms with Crippen LogP contribution in [0.15, 0.2) is 29.2 Å². The van der Waals surface area contributed by atoms with E-state index in [9.17, 15) is 16.8 Å². The minimum atomic E-state index is -3.91. The van der Waals surface area contributed by atoms with Crippen molar-refractivity contribution in [1.82, 2.24) is 0 Å². The van der Waals surface area contributed by atoms with Crippen LogP contribution >= 0.6 is 0 Å². The normalized spacial score (nSPS) is 12.4. The molecule has 1 aromatic rings. The molecule has 0 aliphatic rings. The summed E-state index contributed by atoms with van der Waals surface area (Å²) in [5.41, 5.74) is 0.248. The van der Waals surface area contributed by atoms with Crippen LogP contribution in [0.5, 0.6) is 0 Å². The van der Waals surface area contributed by atoms with Crippen LogP contribution in [0, 0.1) is 0 Å². The summed E-state index contributed by atoms with van der Waals surface area (Å²) in [4.78, 5) is -0.108. The molecule has 0 fully saturated rings. The summed E-state index contributed by atoms with van der Waals surface area (Å²) in [7, 11) is -7.24. The first kappa shape index (κ1) is 20.1. The number of primary sulfonamides is 1. The Kier molecular flexibility index (Phi) is 8.22. The maximum Gasteiger partial charge on any atom is 0.238 e. The minimum Gasteiger partial charge on any atom is -0.228 e. The van der Waals surface area contributed by atoms with E-state index in [0.29, 0.717) is 6.42 Å². The molecule has 0 aliphatic carbocycles. The first-order valence-corrected chi connectivity index (χ1v) is 11.4. The molecule has 2 N–H and O–H groups in total. The number of unbranched alkanes of at least 4 members (excludes halogenated alkanes) is 6. The number of sulfonamides is 1. The molecule has 0 saturated heterocycles. The highest BCUT2D eigenvalue weighted by Gasteiger charge is 2.19. The predicted octanol–water partition coefficient (Wildman–Crippen LogP) is 3.00. The molecule has 0 atom stereocenters. The number of rotatable bonds is 11. The third-order valence-electron chi connectivity index (χ3n) is 3.71. The molecule has 0 unspecified atom stereocenters. The molecule has 0 radical (unpaired) electrons. The van der Waals surface area contributed by atoms with Gasteiger partial charge in [0.15, 0.2) is 9.84 Å². The Morgan fingerprint density at radius 2 is 1.43 bits per heavy atom. The van der Waals surface area contributed by atoms with Crippen molar-refractivity contribution in [1.29, 1.82) is 0 Å². The maximum absolute atomic E-state index is 12.2. The summed E-state index contributed by atoms with van der Waals surface area (Å²) in [6, 6.07) is 6.00. The second-order valence-electron chi connectivity index (χ2n) is 5.87. The zero-order chi connectivity index (χ0) is 17.3. The van der Waals surface area contributed by atoms with Crippen LogP contribution in [-0.4, -0.2) is 22.6 Å². The number of sulfone groups is 1. The van der Waals surface area contributed by atoms with E-state index >= 15 is 0 Å². The number of benzene rings is 1. The number of hydrogen-bond acceptors (Lipinski definition) is 4. The van der Waals surface area contributed by atoms with E-state index in [-0.39, 0.29) is 22.0 Å². The second-order valence-corrected chi connectivity index (χ2v) is 9.58. The van der Waals surface area contributed by atoms with Crippen molar-refractivity contribution >= 4 is 19.9 Å². The molecule has 0 spiro atoms. The van der Waals surface area contributed by atoms with Crippen molar-refractivity contribution in [2.24, 2.45) is 5.14 Å². The maximum atomic E-state index is 12.2. The number of hydrogen-bond donors (Lipinski definition) is 1. The van der Waals surface area contributed by atoms with Crippen molar-refractivity contribution in [2.45, 2.75) is 62.5 Å². The van der Waals surface area contributed by atoms with Gasteiger partial charge in [-0.3, -0.25) is 0 Å². The van der Waals surface area contributed by atoms with E-state index in [4.69, 9.17) is 5.14 Å². The topological polar surface area (TPSA) is 94.3 Å². The zero-order valence-corrected chi connectivity index (χ0v) is 15.3. The molecule has 23 heavy (non-hydrogen) atoms. The molecule has 0 saturated carbocycles. The molecule has 0 heterocycles. The summed E-state index contributed by atoms with van der Waals surface area (Å²) in [5.74, 6) is -0.199. The van der Waals surface area contributed by atoms with E-state index in [1.54, 1.807) is 6.07 Å². The molecular formula is C16H27NO4S2. The van der Waals surface area contributed by atoms with Crippen LogP contribution in [0.4, 0.5) is 0 Å². The molecule has 1 rings (SSSR count). The van der Waals surface area contributed by atoms with E-state index in [0.717, 1.165) is 19.3 Å². The van der Waals surface area contributed by atoms with Gasteiger partial charge in [0.05, 0.1) is 16.4 Å². The van der Waals surface area contributed by atoms with Gasteiger partial charge in [-0.25, -0.2) is 22.0 Å². The Morgan fingerprint density at radius 1 is 0.870 bits per heavy atom. The van der Waals surface area contributed by atoms with E-state index < -0.39 is 19.9 Å². The van der Waals surface area contributed by atoms with Gasteiger partial charge in [-0.2, -0.15) is 0 Å². The third-order valence-corrected chi connectivity index (χ3v) is 6.39. The largest absolute Gasteiger partial charge is 0.238 e. The quantitative estimate of drug-likeness (QED) is 0.613. The van der Waals surface area contributed by atoms with Gasteiger partial charge in [0.25, 0.3) is 0 Å². The lowest BCUT2D eigenvalue weighted by molar-refractivity contribution is 0.578. The fourth-order valence-corrected chi connectivity index (χ4v) is 4.87. The lowest BCUT2D eigenvalue weighted by Gasteiger charge is -2.08. The second kappa shape index (κ2) is 9.39. The van der Waals surface area contributed by atoms with Gasteiger partial charge in [-0.1, -0.05) is 63.6 Å². The Labute approximate surface area is 140 Å². The van der Waals surface area contributed by atoms with Gasteiger partial charge < -0.3 is 0 Å². The fraction of sp³-hybridized carbons (Fsp3) is 0.625. The lowest BCUT2D eigenvalue weighted by atomic mass is 10.1. The first-order chi connectivity index (χ1) is 10.8. The number of nitrogens with two attached hydrogens (primary N) is 1. The standard InChI is InChI=1S/C16H27NO4S2/c1-2-3-4-5-6-7-10-13-22(18,19)14-15-11-8-9-12-16(15)23(17,20)21/h8-9,11-12H,2-7,10,13-14H2,1H3,(H2,17,20,21). The molecule has 0 aromatic heterocycles. The highest BCUT2D eigenvalue weighted by molar-refractivity contribution is 7.91. The molecule has 0 aliphatic heterocycles. The van der Waals surface area contributed by atoms with Crippen molar-refractivity contribution in [3.8, 4) is 0 Å². The highest BCUT2D eigenvalue weighted by Crippen LogP contribution is 2.18. The average Bonchev–Trinajstić information content (AvgIpc) is 2.45. The summed E-state index contributed by atoms with van der Waals surface area (Å²) in [5, 5.41) is 5.13. The van der Waals surface area contributed by atoms with Gasteiger partial charge in [0, 0.05) is 0 Å². The van der Waals surface area contributed by atoms with Gasteiger partial charge in [0.1, 0.15) is 0 Å². The van der Waals surface area contributed by atoms with Crippen molar-refractivity contribution in [3.63, 3.8) is 0 Å². The van der Waals surface area contributed by atoms with Crippen LogP contribution in [0.1, 0.15) is 57.4 Å². The highest BCUT2D eigenvalue weighted by atomic mass is 32.2. The van der Waals surface area contributed by atoms with Gasteiger partial charge in [0.2, 0.25) is 10.0 Å². The monoisotopic (exact) mass is 361 g/mol. The van der Waals surface area contributed by atoms with E-state index in [1.807, 2.05) is 0 Å². The molecule has 7 heteroatoms. The Morgan fingerprint density at radius 3 is 2.04 bits per heavy atom. The van der Waals surface area contributed by atoms with E-state index in [1.165, 1.54) is 37.5 Å². The molecule has 1 aromatic carbocycles. The molecule has 0 amide bonds. The fourth-order valence-electron chi connectivity index (χ4n) is 2.49. The Bertz CT molecular complexity index is 682. The van der Waals surface area contributed by atoms with Crippen LogP contribution in [0.2, 0.25) is 0 Å². The third kappa shape index (κ3) is 7.94. The van der Waals surface area contributed by atoms with Crippen LogP contribution in [-0.2, 0) is 25.6 Å². The lowest BCUT2D eigenvalue weighted by Crippen LogP contribution is -2.17. The van der Waals surface area contributed by atoms with Gasteiger partial charge in [-0.05, 0) is 18.1 Å². The van der Waals surface area contributed by atoms with Gasteiger partial charge in [-0.15, -0.1) is 0 Å². The van der Waals surface area contributed by atoms with Gasteiger partial charge >= 0.3 is 0 Å². The van der Waals surface area contributed by atoms with Crippen LogP contribution in [0.3, 0.4) is 0 Å². The Hall–Kier alpha value is -0.920. The van der Waals surface area contributed by atoms with Crippen LogP contribution < -0.4 is 5.14 Å². The summed E-state index contributed by atoms with van der Waals surface area (Å²) in [6.07, 6.45) is 7.31. The first-order valence-electron chi connectivity index (χ1n) is 8.07. The van der Waals surface area contributed by atoms with Crippen molar-refractivity contribution < 1.29 is 16.8 Å². The summed E-state index contributed by atoms with van der Waals surface area (Å²) in [6.45, 7) is 2.16. The molecule has 0 bridgehead atoms. The molecular weight excluding hydrogens is 334 g/mol.